The van der Waals surface area contributed by atoms with E-state index in [1.165, 1.54) is 30.4 Å². The molecule has 2 aliphatic rings. The second-order valence-electron chi connectivity index (χ2n) is 7.95. The molecule has 0 aromatic heterocycles. The number of fused-ring (bicyclic) bond motifs is 1. The first-order valence-electron chi connectivity index (χ1n) is 8.54. The molecule has 23 heavy (non-hydrogen) atoms. The minimum atomic E-state index is 0.290. The van der Waals surface area contributed by atoms with Gasteiger partial charge in [-0.1, -0.05) is 51.2 Å². The normalized spacial score (nSPS) is 27.0. The van der Waals surface area contributed by atoms with Crippen molar-refractivity contribution in [3.8, 4) is 0 Å². The van der Waals surface area contributed by atoms with Gasteiger partial charge in [0.25, 0.3) is 0 Å². The lowest BCUT2D eigenvalue weighted by atomic mass is 9.73. The maximum atomic E-state index is 3.95. The first-order chi connectivity index (χ1) is 10.7. The average molecular weight is 309 g/mol. The van der Waals surface area contributed by atoms with Crippen LogP contribution >= 0.6 is 0 Å². The summed E-state index contributed by atoms with van der Waals surface area (Å²) in [6, 6.07) is 0. The van der Waals surface area contributed by atoms with Crippen LogP contribution in [0.4, 0.5) is 0 Å². The summed E-state index contributed by atoms with van der Waals surface area (Å²) in [4.78, 5) is 0. The molecule has 2 aliphatic carbocycles. The maximum Gasteiger partial charge on any atom is 0.0373 e. The van der Waals surface area contributed by atoms with Crippen LogP contribution < -0.4 is 5.32 Å². The van der Waals surface area contributed by atoms with Crippen molar-refractivity contribution in [2.24, 2.45) is 10.8 Å². The minimum Gasteiger partial charge on any atom is -0.362 e. The number of nitrogens with one attached hydrogen (secondary N) is 1. The van der Waals surface area contributed by atoms with Crippen molar-refractivity contribution < 1.29 is 0 Å². The van der Waals surface area contributed by atoms with Crippen LogP contribution in [0.5, 0.6) is 0 Å². The maximum absolute atomic E-state index is 3.95. The quantitative estimate of drug-likeness (QED) is 0.575. The van der Waals surface area contributed by atoms with Crippen LogP contribution in [0, 0.1) is 10.8 Å². The van der Waals surface area contributed by atoms with Crippen molar-refractivity contribution >= 4 is 0 Å². The van der Waals surface area contributed by atoms with Gasteiger partial charge in [0.15, 0.2) is 0 Å². The van der Waals surface area contributed by atoms with Crippen LogP contribution in [0.3, 0.4) is 0 Å². The van der Waals surface area contributed by atoms with E-state index in [-0.39, 0.29) is 5.41 Å². The molecule has 0 radical (unpaired) electrons. The van der Waals surface area contributed by atoms with Crippen molar-refractivity contribution in [1.29, 1.82) is 0 Å². The predicted octanol–water partition coefficient (Wildman–Crippen LogP) is 6.21. The molecule has 0 heterocycles. The molecule has 0 aliphatic heterocycles. The number of hydrogen-bond donors (Lipinski definition) is 1. The molecule has 2 rings (SSSR count). The average Bonchev–Trinajstić information content (AvgIpc) is 3.16. The van der Waals surface area contributed by atoms with Gasteiger partial charge < -0.3 is 5.32 Å². The molecule has 0 aromatic rings. The van der Waals surface area contributed by atoms with Gasteiger partial charge in [-0.05, 0) is 73.3 Å². The highest BCUT2D eigenvalue weighted by Gasteiger charge is 2.51. The highest BCUT2D eigenvalue weighted by atomic mass is 14.8. The van der Waals surface area contributed by atoms with Crippen molar-refractivity contribution in [3.63, 3.8) is 0 Å². The molecule has 0 saturated heterocycles. The standard InChI is InChI=1S/C22H31N/c1-8-18(10-9-17(4)16(2)3)23-14-11-19-20-15-22(20,7)13-12-21(19,5)6/h8-11,14,23H,1-2,12-13,15H2,3-7H3/b14-11-,17-9+,18-10+. The van der Waals surface area contributed by atoms with Crippen LogP contribution in [-0.4, -0.2) is 0 Å². The lowest BCUT2D eigenvalue weighted by Crippen LogP contribution is -2.20. The van der Waals surface area contributed by atoms with Crippen LogP contribution in [0.15, 0.2) is 71.7 Å². The van der Waals surface area contributed by atoms with Crippen molar-refractivity contribution in [1.82, 2.24) is 5.32 Å². The van der Waals surface area contributed by atoms with E-state index in [2.05, 4.69) is 64.5 Å². The molecule has 1 unspecified atom stereocenters. The van der Waals surface area contributed by atoms with E-state index >= 15 is 0 Å². The van der Waals surface area contributed by atoms with Gasteiger partial charge in [-0.2, -0.15) is 0 Å². The zero-order valence-electron chi connectivity index (χ0n) is 15.4. The number of hydrogen-bond acceptors (Lipinski definition) is 1. The van der Waals surface area contributed by atoms with Crippen LogP contribution in [0.25, 0.3) is 0 Å². The molecule has 1 fully saturated rings. The molecule has 1 N–H and O–H groups in total. The summed E-state index contributed by atoms with van der Waals surface area (Å²) in [5.41, 5.74) is 7.24. The van der Waals surface area contributed by atoms with E-state index in [1.807, 2.05) is 19.1 Å². The Labute approximate surface area is 142 Å². The Morgan fingerprint density at radius 3 is 2.43 bits per heavy atom. The molecular formula is C22H31N. The summed E-state index contributed by atoms with van der Waals surface area (Å²) in [5, 5.41) is 3.35. The van der Waals surface area contributed by atoms with Crippen LogP contribution in [-0.2, 0) is 0 Å². The second-order valence-corrected chi connectivity index (χ2v) is 7.95. The van der Waals surface area contributed by atoms with Crippen molar-refractivity contribution in [2.45, 2.75) is 53.9 Å². The smallest absolute Gasteiger partial charge is 0.0373 e. The molecule has 0 bridgehead atoms. The first-order valence-corrected chi connectivity index (χ1v) is 8.54. The van der Waals surface area contributed by atoms with Gasteiger partial charge in [0.2, 0.25) is 0 Å². The van der Waals surface area contributed by atoms with Gasteiger partial charge in [-0.3, -0.25) is 0 Å². The third-order valence-electron chi connectivity index (χ3n) is 5.43. The SMILES string of the molecule is C=C/C(=C\C=C(/C)C(=C)C)N/C=C\C1=C2CC2(C)CCC1(C)C. The molecule has 0 spiro atoms. The zero-order chi connectivity index (χ0) is 17.3. The Bertz CT molecular complexity index is 637. The predicted molar refractivity (Wildman–Crippen MR) is 102 cm³/mol. The fourth-order valence-corrected chi connectivity index (χ4v) is 3.22. The molecule has 0 aromatic carbocycles. The molecule has 1 saturated carbocycles. The lowest BCUT2D eigenvalue weighted by Gasteiger charge is -2.32. The van der Waals surface area contributed by atoms with E-state index in [0.29, 0.717) is 5.41 Å². The summed E-state index contributed by atoms with van der Waals surface area (Å²) in [6.07, 6.45) is 14.2. The van der Waals surface area contributed by atoms with Gasteiger partial charge >= 0.3 is 0 Å². The Kier molecular flexibility index (Phi) is 4.89. The Morgan fingerprint density at radius 1 is 1.13 bits per heavy atom. The van der Waals surface area contributed by atoms with Crippen LogP contribution in [0.1, 0.15) is 53.9 Å². The molecular weight excluding hydrogens is 278 g/mol. The monoisotopic (exact) mass is 309 g/mol. The topological polar surface area (TPSA) is 12.0 Å². The van der Waals surface area contributed by atoms with E-state index in [1.54, 1.807) is 5.57 Å². The first kappa shape index (κ1) is 17.6. The summed E-state index contributed by atoms with van der Waals surface area (Å²) in [7, 11) is 0. The molecule has 1 heteroatoms. The van der Waals surface area contributed by atoms with Crippen LogP contribution in [0.2, 0.25) is 0 Å². The summed E-state index contributed by atoms with van der Waals surface area (Å²) in [5.74, 6) is 0. The number of rotatable bonds is 6. The Balaban J connectivity index is 2.10. The largest absolute Gasteiger partial charge is 0.362 e. The molecule has 124 valence electrons. The van der Waals surface area contributed by atoms with E-state index in [9.17, 15) is 0 Å². The molecule has 0 amide bonds. The Hall–Kier alpha value is -1.76. The summed E-state index contributed by atoms with van der Waals surface area (Å²) in [6.45, 7) is 19.1. The highest BCUT2D eigenvalue weighted by Crippen LogP contribution is 2.64. The summed E-state index contributed by atoms with van der Waals surface area (Å²) >= 11 is 0. The fraction of sp³-hybridized carbons (Fsp3) is 0.455. The van der Waals surface area contributed by atoms with Gasteiger partial charge in [0, 0.05) is 11.9 Å². The number of allylic oxidation sites excluding steroid dienone is 8. The molecule has 1 atom stereocenters. The minimum absolute atomic E-state index is 0.290. The van der Waals surface area contributed by atoms with Gasteiger partial charge in [0.05, 0.1) is 0 Å². The lowest BCUT2D eigenvalue weighted by molar-refractivity contribution is 0.334. The van der Waals surface area contributed by atoms with Crippen molar-refractivity contribution in [2.75, 3.05) is 0 Å². The highest BCUT2D eigenvalue weighted by molar-refractivity contribution is 5.47. The second kappa shape index (κ2) is 6.39. The third-order valence-corrected chi connectivity index (χ3v) is 5.43. The summed E-state index contributed by atoms with van der Waals surface area (Å²) < 4.78 is 0. The zero-order valence-corrected chi connectivity index (χ0v) is 15.4. The Morgan fingerprint density at radius 2 is 1.83 bits per heavy atom. The van der Waals surface area contributed by atoms with E-state index in [0.717, 1.165) is 11.3 Å². The fourth-order valence-electron chi connectivity index (χ4n) is 3.22. The van der Waals surface area contributed by atoms with Gasteiger partial charge in [-0.25, -0.2) is 0 Å². The van der Waals surface area contributed by atoms with E-state index < -0.39 is 0 Å². The third kappa shape index (κ3) is 3.96. The van der Waals surface area contributed by atoms with E-state index in [4.69, 9.17) is 0 Å². The molecule has 1 nitrogen and oxygen atoms in total. The van der Waals surface area contributed by atoms with Gasteiger partial charge in [0.1, 0.15) is 0 Å². The van der Waals surface area contributed by atoms with Crippen molar-refractivity contribution in [3.05, 3.63) is 71.7 Å². The van der Waals surface area contributed by atoms with Gasteiger partial charge in [-0.15, -0.1) is 0 Å².